The summed E-state index contributed by atoms with van der Waals surface area (Å²) in [5, 5.41) is 19.8. The molecule has 0 aliphatic rings. The summed E-state index contributed by atoms with van der Waals surface area (Å²) in [5.74, 6) is -1.35. The monoisotopic (exact) mass is 232 g/mol. The second kappa shape index (κ2) is 5.69. The van der Waals surface area contributed by atoms with Crippen LogP contribution in [0.1, 0.15) is 27.2 Å². The Labute approximate surface area is 95.2 Å². The molecular formula is C10H20N2O4. The van der Waals surface area contributed by atoms with Crippen LogP contribution in [-0.2, 0) is 4.79 Å². The minimum atomic E-state index is -1.57. The molecule has 0 spiro atoms. The normalized spacial score (nSPS) is 13.1. The van der Waals surface area contributed by atoms with E-state index in [0.29, 0.717) is 0 Å². The Hall–Kier alpha value is -1.30. The van der Waals surface area contributed by atoms with Crippen molar-refractivity contribution in [3.05, 3.63) is 0 Å². The average Bonchev–Trinajstić information content (AvgIpc) is 2.23. The van der Waals surface area contributed by atoms with Crippen molar-refractivity contribution in [2.45, 2.75) is 38.8 Å². The Balaban J connectivity index is 4.22. The third kappa shape index (κ3) is 4.06. The first-order chi connectivity index (χ1) is 7.22. The Morgan fingerprint density at radius 3 is 2.31 bits per heavy atom. The summed E-state index contributed by atoms with van der Waals surface area (Å²) in [7, 11) is 1.63. The zero-order valence-electron chi connectivity index (χ0n) is 10.1. The highest BCUT2D eigenvalue weighted by atomic mass is 16.4. The Morgan fingerprint density at radius 1 is 1.44 bits per heavy atom. The number of carboxylic acids is 1. The summed E-state index contributed by atoms with van der Waals surface area (Å²) < 4.78 is 0. The first kappa shape index (κ1) is 14.7. The molecule has 0 aliphatic heterocycles. The molecule has 16 heavy (non-hydrogen) atoms. The van der Waals surface area contributed by atoms with Crippen molar-refractivity contribution in [1.82, 2.24) is 10.2 Å². The number of amides is 2. The lowest BCUT2D eigenvalue weighted by Gasteiger charge is -2.34. The van der Waals surface area contributed by atoms with E-state index >= 15 is 0 Å². The minimum Gasteiger partial charge on any atom is -0.479 e. The van der Waals surface area contributed by atoms with Gasteiger partial charge in [-0.1, -0.05) is 6.92 Å². The van der Waals surface area contributed by atoms with E-state index in [-0.39, 0.29) is 12.1 Å². The number of nitrogens with one attached hydrogen (secondary N) is 1. The molecule has 0 heterocycles. The molecule has 0 saturated carbocycles. The van der Waals surface area contributed by atoms with Gasteiger partial charge in [-0.2, -0.15) is 0 Å². The number of urea groups is 1. The van der Waals surface area contributed by atoms with Crippen LogP contribution in [0.5, 0.6) is 0 Å². The number of nitrogens with zero attached hydrogens (tertiary/aromatic N) is 1. The van der Waals surface area contributed by atoms with Crippen LogP contribution >= 0.6 is 0 Å². The lowest BCUT2D eigenvalue weighted by Crippen LogP contribution is -2.51. The second-order valence-corrected chi connectivity index (χ2v) is 4.27. The summed E-state index contributed by atoms with van der Waals surface area (Å²) in [4.78, 5) is 23.4. The van der Waals surface area contributed by atoms with E-state index in [1.165, 1.54) is 4.90 Å². The largest absolute Gasteiger partial charge is 0.479 e. The highest BCUT2D eigenvalue weighted by Gasteiger charge is 2.26. The highest BCUT2D eigenvalue weighted by molar-refractivity contribution is 5.77. The minimum absolute atomic E-state index is 0.293. The molecule has 0 radical (unpaired) electrons. The molecule has 0 aromatic rings. The fraction of sp³-hybridized carbons (Fsp3) is 0.800. The molecule has 6 heteroatoms. The van der Waals surface area contributed by atoms with Gasteiger partial charge in [0.05, 0.1) is 6.54 Å². The number of hydrogen-bond donors (Lipinski definition) is 3. The zero-order valence-corrected chi connectivity index (χ0v) is 10.1. The number of aliphatic hydroxyl groups is 1. The summed E-state index contributed by atoms with van der Waals surface area (Å²) in [6.07, 6.45) is -0.791. The van der Waals surface area contributed by atoms with Crippen molar-refractivity contribution < 1.29 is 19.8 Å². The molecule has 0 unspecified atom stereocenters. The van der Waals surface area contributed by atoms with E-state index in [1.54, 1.807) is 7.05 Å². The van der Waals surface area contributed by atoms with Crippen molar-refractivity contribution in [1.29, 1.82) is 0 Å². The third-order valence-electron chi connectivity index (χ3n) is 2.81. The smallest absolute Gasteiger partial charge is 0.334 e. The number of carbonyl (C=O) groups excluding carboxylic acids is 1. The molecule has 0 fully saturated rings. The molecule has 0 bridgehead atoms. The summed E-state index contributed by atoms with van der Waals surface area (Å²) >= 11 is 0. The predicted molar refractivity (Wildman–Crippen MR) is 59.2 cm³/mol. The lowest BCUT2D eigenvalue weighted by molar-refractivity contribution is -0.146. The van der Waals surface area contributed by atoms with Gasteiger partial charge in [0.15, 0.2) is 6.10 Å². The number of carboxylic acid groups (broad SMARTS) is 1. The number of aliphatic hydroxyl groups excluding tert-OH is 1. The van der Waals surface area contributed by atoms with Crippen LogP contribution in [0.3, 0.4) is 0 Å². The maximum absolute atomic E-state index is 11.6. The molecule has 0 rings (SSSR count). The van der Waals surface area contributed by atoms with Gasteiger partial charge in [0.25, 0.3) is 0 Å². The Bertz CT molecular complexity index is 266. The zero-order chi connectivity index (χ0) is 12.9. The van der Waals surface area contributed by atoms with Gasteiger partial charge in [0.1, 0.15) is 0 Å². The van der Waals surface area contributed by atoms with Crippen LogP contribution in [-0.4, -0.2) is 52.3 Å². The van der Waals surface area contributed by atoms with Crippen molar-refractivity contribution >= 4 is 12.0 Å². The van der Waals surface area contributed by atoms with Crippen LogP contribution in [0.15, 0.2) is 0 Å². The van der Waals surface area contributed by atoms with Crippen LogP contribution in [0.25, 0.3) is 0 Å². The van der Waals surface area contributed by atoms with Crippen molar-refractivity contribution in [3.63, 3.8) is 0 Å². The fourth-order valence-electron chi connectivity index (χ4n) is 0.902. The lowest BCUT2D eigenvalue weighted by atomic mass is 10.0. The van der Waals surface area contributed by atoms with E-state index in [4.69, 9.17) is 10.2 Å². The average molecular weight is 232 g/mol. The van der Waals surface area contributed by atoms with Crippen molar-refractivity contribution in [2.75, 3.05) is 13.6 Å². The van der Waals surface area contributed by atoms with E-state index in [2.05, 4.69) is 5.32 Å². The summed E-state index contributed by atoms with van der Waals surface area (Å²) in [6.45, 7) is 5.47. The van der Waals surface area contributed by atoms with Gasteiger partial charge >= 0.3 is 12.0 Å². The molecule has 0 aromatic heterocycles. The van der Waals surface area contributed by atoms with E-state index in [1.807, 2.05) is 20.8 Å². The van der Waals surface area contributed by atoms with Gasteiger partial charge in [-0.3, -0.25) is 0 Å². The highest BCUT2D eigenvalue weighted by Crippen LogP contribution is 2.15. The summed E-state index contributed by atoms with van der Waals surface area (Å²) in [5.41, 5.74) is -0.307. The van der Waals surface area contributed by atoms with Crippen LogP contribution in [0.4, 0.5) is 4.79 Å². The quantitative estimate of drug-likeness (QED) is 0.634. The molecule has 2 amide bonds. The van der Waals surface area contributed by atoms with E-state index < -0.39 is 18.1 Å². The van der Waals surface area contributed by atoms with Gasteiger partial charge in [-0.25, -0.2) is 9.59 Å². The topological polar surface area (TPSA) is 89.9 Å². The number of aliphatic carboxylic acids is 1. The molecule has 6 nitrogen and oxygen atoms in total. The predicted octanol–water partition coefficient (Wildman–Crippen LogP) is 0.262. The van der Waals surface area contributed by atoms with E-state index in [0.717, 1.165) is 6.42 Å². The molecule has 1 atom stereocenters. The SMILES string of the molecule is CCC(C)(C)N(C)C(=O)NC[C@H](O)C(=O)O. The number of hydrogen-bond acceptors (Lipinski definition) is 3. The maximum atomic E-state index is 11.6. The van der Waals surface area contributed by atoms with Crippen LogP contribution in [0.2, 0.25) is 0 Å². The Kier molecular flexibility index (Phi) is 5.23. The van der Waals surface area contributed by atoms with Crippen LogP contribution in [0, 0.1) is 0 Å². The van der Waals surface area contributed by atoms with Gasteiger partial charge in [0.2, 0.25) is 0 Å². The second-order valence-electron chi connectivity index (χ2n) is 4.27. The molecule has 0 saturated heterocycles. The van der Waals surface area contributed by atoms with Crippen molar-refractivity contribution in [2.24, 2.45) is 0 Å². The number of carbonyl (C=O) groups is 2. The Morgan fingerprint density at radius 2 is 1.94 bits per heavy atom. The van der Waals surface area contributed by atoms with Gasteiger partial charge in [-0.15, -0.1) is 0 Å². The van der Waals surface area contributed by atoms with E-state index in [9.17, 15) is 9.59 Å². The van der Waals surface area contributed by atoms with Gasteiger partial charge in [0, 0.05) is 12.6 Å². The van der Waals surface area contributed by atoms with Crippen molar-refractivity contribution in [3.8, 4) is 0 Å². The molecule has 94 valence electrons. The maximum Gasteiger partial charge on any atom is 0.334 e. The molecule has 3 N–H and O–H groups in total. The fourth-order valence-corrected chi connectivity index (χ4v) is 0.902. The van der Waals surface area contributed by atoms with Gasteiger partial charge < -0.3 is 20.4 Å². The standard InChI is InChI=1S/C10H20N2O4/c1-5-10(2,3)12(4)9(16)11-6-7(13)8(14)15/h7,13H,5-6H2,1-4H3,(H,11,16)(H,14,15)/t7-/m0/s1. The summed E-state index contributed by atoms with van der Waals surface area (Å²) in [6, 6.07) is -0.396. The first-order valence-corrected chi connectivity index (χ1v) is 5.15. The van der Waals surface area contributed by atoms with Gasteiger partial charge in [-0.05, 0) is 20.3 Å². The third-order valence-corrected chi connectivity index (χ3v) is 2.81. The first-order valence-electron chi connectivity index (χ1n) is 5.15. The van der Waals surface area contributed by atoms with Crippen LogP contribution < -0.4 is 5.32 Å². The molecular weight excluding hydrogens is 212 g/mol. The molecule has 0 aromatic carbocycles. The molecule has 0 aliphatic carbocycles. The number of rotatable bonds is 5.